The van der Waals surface area contributed by atoms with Crippen LogP contribution in [0.2, 0.25) is 0 Å². The SMILES string of the molecule is COc1cccc(C(=O)/C=C(\C)Nc2ccc(F)cc2)c1. The molecule has 108 valence electrons. The first-order valence-corrected chi connectivity index (χ1v) is 6.48. The van der Waals surface area contributed by atoms with E-state index in [1.807, 2.05) is 0 Å². The fourth-order valence-electron chi connectivity index (χ4n) is 1.85. The average Bonchev–Trinajstić information content (AvgIpc) is 2.49. The number of allylic oxidation sites excluding steroid dienone is 2. The number of carbonyl (C=O) groups excluding carboxylic acids is 1. The Labute approximate surface area is 123 Å². The molecule has 0 aliphatic heterocycles. The Balaban J connectivity index is 2.10. The third-order valence-corrected chi connectivity index (χ3v) is 2.89. The number of rotatable bonds is 5. The van der Waals surface area contributed by atoms with E-state index in [9.17, 15) is 9.18 Å². The molecule has 0 bridgehead atoms. The van der Waals surface area contributed by atoms with Crippen molar-refractivity contribution in [2.45, 2.75) is 6.92 Å². The van der Waals surface area contributed by atoms with Gasteiger partial charge in [0.2, 0.25) is 0 Å². The molecule has 21 heavy (non-hydrogen) atoms. The summed E-state index contributed by atoms with van der Waals surface area (Å²) in [6.07, 6.45) is 1.50. The molecular formula is C17H16FNO2. The van der Waals surface area contributed by atoms with Gasteiger partial charge in [-0.3, -0.25) is 4.79 Å². The van der Waals surface area contributed by atoms with E-state index < -0.39 is 0 Å². The highest BCUT2D eigenvalue weighted by molar-refractivity contribution is 6.05. The van der Waals surface area contributed by atoms with E-state index in [2.05, 4.69) is 5.32 Å². The lowest BCUT2D eigenvalue weighted by molar-refractivity contribution is 0.104. The first-order chi connectivity index (χ1) is 10.1. The number of nitrogens with one attached hydrogen (secondary N) is 1. The number of hydrogen-bond donors (Lipinski definition) is 1. The Morgan fingerprint density at radius 2 is 1.90 bits per heavy atom. The molecule has 0 fully saturated rings. The third kappa shape index (κ3) is 4.18. The number of carbonyl (C=O) groups is 1. The summed E-state index contributed by atoms with van der Waals surface area (Å²) < 4.78 is 17.9. The molecule has 0 amide bonds. The molecule has 0 aliphatic rings. The van der Waals surface area contributed by atoms with E-state index in [1.165, 1.54) is 18.2 Å². The number of hydrogen-bond acceptors (Lipinski definition) is 3. The van der Waals surface area contributed by atoms with Crippen molar-refractivity contribution in [1.29, 1.82) is 0 Å². The van der Waals surface area contributed by atoms with E-state index in [0.717, 1.165) is 5.69 Å². The molecule has 0 aromatic heterocycles. The van der Waals surface area contributed by atoms with Crippen LogP contribution in [0.4, 0.5) is 10.1 Å². The third-order valence-electron chi connectivity index (χ3n) is 2.89. The van der Waals surface area contributed by atoms with Gasteiger partial charge in [-0.2, -0.15) is 0 Å². The second kappa shape index (κ2) is 6.70. The van der Waals surface area contributed by atoms with Crippen LogP contribution in [0.25, 0.3) is 0 Å². The standard InChI is InChI=1S/C17H16FNO2/c1-12(19-15-8-6-14(18)7-9-15)10-17(20)13-4-3-5-16(11-13)21-2/h3-11,19H,1-2H3/b12-10+. The van der Waals surface area contributed by atoms with Crippen LogP contribution in [0.5, 0.6) is 5.75 Å². The van der Waals surface area contributed by atoms with E-state index in [-0.39, 0.29) is 11.6 Å². The highest BCUT2D eigenvalue weighted by Gasteiger charge is 2.05. The molecule has 0 aliphatic carbocycles. The number of methoxy groups -OCH3 is 1. The molecule has 0 spiro atoms. The van der Waals surface area contributed by atoms with Crippen LogP contribution in [0.15, 0.2) is 60.3 Å². The van der Waals surface area contributed by atoms with E-state index in [1.54, 1.807) is 50.4 Å². The summed E-state index contributed by atoms with van der Waals surface area (Å²) in [5.41, 5.74) is 1.95. The summed E-state index contributed by atoms with van der Waals surface area (Å²) in [6.45, 7) is 1.78. The molecular weight excluding hydrogens is 269 g/mol. The Morgan fingerprint density at radius 1 is 1.19 bits per heavy atom. The Kier molecular flexibility index (Phi) is 4.72. The fourth-order valence-corrected chi connectivity index (χ4v) is 1.85. The highest BCUT2D eigenvalue weighted by Crippen LogP contribution is 2.15. The first-order valence-electron chi connectivity index (χ1n) is 6.48. The number of ether oxygens (including phenoxy) is 1. The van der Waals surface area contributed by atoms with Gasteiger partial charge >= 0.3 is 0 Å². The van der Waals surface area contributed by atoms with Crippen molar-refractivity contribution < 1.29 is 13.9 Å². The van der Waals surface area contributed by atoms with E-state index in [0.29, 0.717) is 17.0 Å². The summed E-state index contributed by atoms with van der Waals surface area (Å²) >= 11 is 0. The zero-order valence-electron chi connectivity index (χ0n) is 11.9. The quantitative estimate of drug-likeness (QED) is 0.665. The lowest BCUT2D eigenvalue weighted by Gasteiger charge is -2.06. The lowest BCUT2D eigenvalue weighted by Crippen LogP contribution is -2.01. The minimum Gasteiger partial charge on any atom is -0.497 e. The van der Waals surface area contributed by atoms with Crippen molar-refractivity contribution in [2.75, 3.05) is 12.4 Å². The molecule has 2 rings (SSSR count). The van der Waals surface area contributed by atoms with Crippen molar-refractivity contribution in [3.63, 3.8) is 0 Å². The predicted molar refractivity (Wildman–Crippen MR) is 81.1 cm³/mol. The molecule has 4 heteroatoms. The van der Waals surface area contributed by atoms with Crippen molar-refractivity contribution in [3.05, 3.63) is 71.7 Å². The zero-order valence-corrected chi connectivity index (χ0v) is 11.9. The van der Waals surface area contributed by atoms with Gasteiger partial charge in [0.05, 0.1) is 7.11 Å². The molecule has 0 heterocycles. The van der Waals surface area contributed by atoms with Crippen molar-refractivity contribution >= 4 is 11.5 Å². The molecule has 0 radical (unpaired) electrons. The molecule has 3 nitrogen and oxygen atoms in total. The monoisotopic (exact) mass is 285 g/mol. The van der Waals surface area contributed by atoms with Crippen molar-refractivity contribution in [2.24, 2.45) is 0 Å². The van der Waals surface area contributed by atoms with Gasteiger partial charge in [0.25, 0.3) is 0 Å². The van der Waals surface area contributed by atoms with Crippen molar-refractivity contribution in [3.8, 4) is 5.75 Å². The van der Waals surface area contributed by atoms with Gasteiger partial charge in [-0.1, -0.05) is 12.1 Å². The molecule has 0 saturated carbocycles. The summed E-state index contributed by atoms with van der Waals surface area (Å²) in [6, 6.07) is 12.9. The van der Waals surface area contributed by atoms with Crippen LogP contribution in [0.1, 0.15) is 17.3 Å². The summed E-state index contributed by atoms with van der Waals surface area (Å²) in [5.74, 6) is 0.217. The number of halogens is 1. The van der Waals surface area contributed by atoms with Crippen LogP contribution in [-0.2, 0) is 0 Å². The van der Waals surface area contributed by atoms with Crippen LogP contribution in [0, 0.1) is 5.82 Å². The van der Waals surface area contributed by atoms with Crippen molar-refractivity contribution in [1.82, 2.24) is 0 Å². The number of ketones is 1. The van der Waals surface area contributed by atoms with E-state index >= 15 is 0 Å². The van der Waals surface area contributed by atoms with E-state index in [4.69, 9.17) is 4.74 Å². The number of anilines is 1. The summed E-state index contributed by atoms with van der Waals surface area (Å²) in [7, 11) is 1.56. The Hall–Kier alpha value is -2.62. The maximum absolute atomic E-state index is 12.8. The molecule has 2 aromatic rings. The summed E-state index contributed by atoms with van der Waals surface area (Å²) in [4.78, 5) is 12.1. The highest BCUT2D eigenvalue weighted by atomic mass is 19.1. The number of benzene rings is 2. The fraction of sp³-hybridized carbons (Fsp3) is 0.118. The topological polar surface area (TPSA) is 38.3 Å². The average molecular weight is 285 g/mol. The molecule has 2 aromatic carbocycles. The molecule has 0 atom stereocenters. The lowest BCUT2D eigenvalue weighted by atomic mass is 10.1. The zero-order chi connectivity index (χ0) is 15.2. The van der Waals surface area contributed by atoms with Gasteiger partial charge in [-0.05, 0) is 43.3 Å². The smallest absolute Gasteiger partial charge is 0.187 e. The van der Waals surface area contributed by atoms with Gasteiger partial charge in [0, 0.05) is 23.0 Å². The normalized spacial score (nSPS) is 11.1. The second-order valence-corrected chi connectivity index (χ2v) is 4.56. The van der Waals surface area contributed by atoms with Gasteiger partial charge in [-0.15, -0.1) is 0 Å². The predicted octanol–water partition coefficient (Wildman–Crippen LogP) is 4.03. The second-order valence-electron chi connectivity index (χ2n) is 4.56. The van der Waals surface area contributed by atoms with Gasteiger partial charge in [-0.25, -0.2) is 4.39 Å². The van der Waals surface area contributed by atoms with Crippen LogP contribution in [0.3, 0.4) is 0 Å². The minimum absolute atomic E-state index is 0.124. The van der Waals surface area contributed by atoms with Crippen LogP contribution >= 0.6 is 0 Å². The Morgan fingerprint density at radius 3 is 2.57 bits per heavy atom. The van der Waals surface area contributed by atoms with Crippen LogP contribution < -0.4 is 10.1 Å². The minimum atomic E-state index is -0.297. The molecule has 0 unspecified atom stereocenters. The maximum Gasteiger partial charge on any atom is 0.187 e. The Bertz CT molecular complexity index is 663. The molecule has 0 saturated heterocycles. The largest absolute Gasteiger partial charge is 0.497 e. The van der Waals surface area contributed by atoms with Gasteiger partial charge in [0.1, 0.15) is 11.6 Å². The first kappa shape index (κ1) is 14.8. The van der Waals surface area contributed by atoms with Crippen LogP contribution in [-0.4, -0.2) is 12.9 Å². The van der Waals surface area contributed by atoms with Gasteiger partial charge < -0.3 is 10.1 Å². The maximum atomic E-state index is 12.8. The molecule has 1 N–H and O–H groups in total. The summed E-state index contributed by atoms with van der Waals surface area (Å²) in [5, 5.41) is 3.04. The van der Waals surface area contributed by atoms with Gasteiger partial charge in [0.15, 0.2) is 5.78 Å².